The second-order valence-electron chi connectivity index (χ2n) is 4.83. The molecule has 2 rings (SSSR count). The minimum Gasteiger partial charge on any atom is -0.459 e. The summed E-state index contributed by atoms with van der Waals surface area (Å²) < 4.78 is 11.6. The summed E-state index contributed by atoms with van der Waals surface area (Å²) in [5.41, 5.74) is -0.892. The third-order valence-electron chi connectivity index (χ3n) is 3.09. The summed E-state index contributed by atoms with van der Waals surface area (Å²) in [7, 11) is 0. The molecule has 114 valence electrons. The van der Waals surface area contributed by atoms with Crippen LogP contribution in [0.25, 0.3) is 0 Å². The fourth-order valence-electron chi connectivity index (χ4n) is 1.97. The van der Waals surface area contributed by atoms with Crippen LogP contribution in [0.2, 0.25) is 0 Å². The van der Waals surface area contributed by atoms with Gasteiger partial charge in [0, 0.05) is 24.3 Å². The Morgan fingerprint density at radius 3 is 2.95 bits per heavy atom. The zero-order valence-corrected chi connectivity index (χ0v) is 11.4. The normalized spacial score (nSPS) is 24.8. The number of esters is 1. The Morgan fingerprint density at radius 2 is 2.33 bits per heavy atom. The van der Waals surface area contributed by atoms with Crippen LogP contribution in [0, 0.1) is 0 Å². The number of H-pyrrole nitrogens is 1. The number of aliphatic hydroxyl groups excluding tert-OH is 1. The van der Waals surface area contributed by atoms with Crippen molar-refractivity contribution in [2.24, 2.45) is 0 Å². The highest BCUT2D eigenvalue weighted by molar-refractivity contribution is 5.86. The fourth-order valence-corrected chi connectivity index (χ4v) is 1.97. The number of rotatable bonds is 4. The molecule has 1 aliphatic heterocycles. The van der Waals surface area contributed by atoms with Crippen LogP contribution < -0.4 is 11.2 Å². The molecule has 1 fully saturated rings. The first-order chi connectivity index (χ1) is 9.88. The van der Waals surface area contributed by atoms with Crippen molar-refractivity contribution in [2.45, 2.75) is 31.8 Å². The highest BCUT2D eigenvalue weighted by Crippen LogP contribution is 2.27. The molecule has 2 heterocycles. The van der Waals surface area contributed by atoms with E-state index in [2.05, 4.69) is 11.6 Å². The van der Waals surface area contributed by atoms with Gasteiger partial charge in [0.1, 0.15) is 18.9 Å². The highest BCUT2D eigenvalue weighted by atomic mass is 16.6. The van der Waals surface area contributed by atoms with Crippen molar-refractivity contribution in [3.63, 3.8) is 0 Å². The molecule has 8 heteroatoms. The lowest BCUT2D eigenvalue weighted by Gasteiger charge is -2.16. The maximum absolute atomic E-state index is 11.6. The molecule has 2 N–H and O–H groups in total. The molecule has 0 aliphatic carbocycles. The number of hydrogen-bond donors (Lipinski definition) is 2. The number of carbonyl (C=O) groups excluding carboxylic acids is 1. The number of hydrogen-bond acceptors (Lipinski definition) is 6. The number of aromatic amines is 1. The van der Waals surface area contributed by atoms with Gasteiger partial charge in [0.2, 0.25) is 0 Å². The van der Waals surface area contributed by atoms with E-state index in [1.54, 1.807) is 0 Å². The third-order valence-corrected chi connectivity index (χ3v) is 3.09. The van der Waals surface area contributed by atoms with Crippen LogP contribution in [-0.4, -0.2) is 39.4 Å². The van der Waals surface area contributed by atoms with Crippen molar-refractivity contribution in [1.82, 2.24) is 9.55 Å². The maximum atomic E-state index is 11.6. The Hall–Kier alpha value is -2.19. The standard InChI is InChI=1S/C13H16N2O6/c1-7(2)12(18)20-6-9-8(16)5-11(21-9)15-4-3-10(17)14-13(15)19/h3-4,8-9,11,16H,1,5-6H2,2H3,(H,14,17,19)/t8-,9+,11+/m0/s1. The van der Waals surface area contributed by atoms with E-state index < -0.39 is 35.7 Å². The Bertz CT molecular complexity index is 661. The van der Waals surface area contributed by atoms with Gasteiger partial charge < -0.3 is 14.6 Å². The van der Waals surface area contributed by atoms with Gasteiger partial charge in [0.15, 0.2) is 0 Å². The lowest BCUT2D eigenvalue weighted by atomic mass is 10.2. The molecule has 0 bridgehead atoms. The van der Waals surface area contributed by atoms with E-state index in [0.717, 1.165) is 0 Å². The van der Waals surface area contributed by atoms with E-state index in [4.69, 9.17) is 9.47 Å². The van der Waals surface area contributed by atoms with Crippen molar-refractivity contribution in [3.05, 3.63) is 45.3 Å². The smallest absolute Gasteiger partial charge is 0.333 e. The molecule has 1 aliphatic rings. The van der Waals surface area contributed by atoms with Crippen LogP contribution in [0.3, 0.4) is 0 Å². The minimum atomic E-state index is -0.883. The molecular formula is C13H16N2O6. The van der Waals surface area contributed by atoms with E-state index in [1.807, 2.05) is 0 Å². The Labute approximate surface area is 119 Å². The van der Waals surface area contributed by atoms with Gasteiger partial charge in [0.25, 0.3) is 5.56 Å². The van der Waals surface area contributed by atoms with Gasteiger partial charge in [-0.1, -0.05) is 6.58 Å². The summed E-state index contributed by atoms with van der Waals surface area (Å²) in [6.07, 6.45) is -0.899. The van der Waals surface area contributed by atoms with Gasteiger partial charge in [-0.25, -0.2) is 9.59 Å². The van der Waals surface area contributed by atoms with Crippen molar-refractivity contribution < 1.29 is 19.4 Å². The maximum Gasteiger partial charge on any atom is 0.333 e. The summed E-state index contributed by atoms with van der Waals surface area (Å²) in [5.74, 6) is -0.574. The molecule has 0 spiro atoms. The topological polar surface area (TPSA) is 111 Å². The van der Waals surface area contributed by atoms with Crippen molar-refractivity contribution in [3.8, 4) is 0 Å². The molecule has 0 amide bonds. The molecule has 1 saturated heterocycles. The van der Waals surface area contributed by atoms with Crippen LogP contribution in [0.5, 0.6) is 0 Å². The fraction of sp³-hybridized carbons (Fsp3) is 0.462. The van der Waals surface area contributed by atoms with Gasteiger partial charge >= 0.3 is 11.7 Å². The Balaban J connectivity index is 2.03. The number of aliphatic hydroxyl groups is 1. The first-order valence-electron chi connectivity index (χ1n) is 6.36. The molecule has 0 unspecified atom stereocenters. The van der Waals surface area contributed by atoms with E-state index in [1.165, 1.54) is 23.8 Å². The molecule has 3 atom stereocenters. The van der Waals surface area contributed by atoms with Crippen LogP contribution in [0.1, 0.15) is 19.6 Å². The first-order valence-corrected chi connectivity index (χ1v) is 6.36. The Kier molecular flexibility index (Phi) is 4.39. The summed E-state index contributed by atoms with van der Waals surface area (Å²) in [6.45, 7) is 4.82. The molecule has 8 nitrogen and oxygen atoms in total. The number of ether oxygens (including phenoxy) is 2. The SMILES string of the molecule is C=C(C)C(=O)OC[C@H]1O[C@@H](n2ccc(=O)[nH]c2=O)C[C@@H]1O. The minimum absolute atomic E-state index is 0.137. The molecule has 1 aromatic heterocycles. The molecule has 0 saturated carbocycles. The van der Waals surface area contributed by atoms with E-state index in [9.17, 15) is 19.5 Å². The van der Waals surface area contributed by atoms with Crippen molar-refractivity contribution >= 4 is 5.97 Å². The van der Waals surface area contributed by atoms with Crippen LogP contribution >= 0.6 is 0 Å². The second kappa shape index (κ2) is 6.06. The number of nitrogens with zero attached hydrogens (tertiary/aromatic N) is 1. The largest absolute Gasteiger partial charge is 0.459 e. The summed E-state index contributed by atoms with van der Waals surface area (Å²) in [4.78, 5) is 36.0. The van der Waals surface area contributed by atoms with Crippen LogP contribution in [-0.2, 0) is 14.3 Å². The first kappa shape index (κ1) is 15.2. The van der Waals surface area contributed by atoms with Gasteiger partial charge in [-0.3, -0.25) is 14.3 Å². The Morgan fingerprint density at radius 1 is 1.62 bits per heavy atom. The molecule has 1 aromatic rings. The quantitative estimate of drug-likeness (QED) is 0.562. The predicted molar refractivity (Wildman–Crippen MR) is 71.6 cm³/mol. The average molecular weight is 296 g/mol. The lowest BCUT2D eigenvalue weighted by molar-refractivity contribution is -0.145. The molecule has 0 aromatic carbocycles. The molecule has 21 heavy (non-hydrogen) atoms. The number of carbonyl (C=O) groups is 1. The van der Waals surface area contributed by atoms with Gasteiger partial charge in [-0.05, 0) is 6.92 Å². The highest BCUT2D eigenvalue weighted by Gasteiger charge is 2.36. The van der Waals surface area contributed by atoms with Gasteiger partial charge in [0.05, 0.1) is 6.10 Å². The summed E-state index contributed by atoms with van der Waals surface area (Å²) >= 11 is 0. The van der Waals surface area contributed by atoms with Crippen LogP contribution in [0.15, 0.2) is 34.0 Å². The number of nitrogens with one attached hydrogen (secondary N) is 1. The van der Waals surface area contributed by atoms with E-state index >= 15 is 0 Å². The van der Waals surface area contributed by atoms with Crippen molar-refractivity contribution in [1.29, 1.82) is 0 Å². The summed E-state index contributed by atoms with van der Waals surface area (Å²) in [6, 6.07) is 1.19. The average Bonchev–Trinajstić information content (AvgIpc) is 2.76. The van der Waals surface area contributed by atoms with Gasteiger partial charge in [-0.15, -0.1) is 0 Å². The van der Waals surface area contributed by atoms with Crippen molar-refractivity contribution in [2.75, 3.05) is 6.61 Å². The second-order valence-corrected chi connectivity index (χ2v) is 4.83. The monoisotopic (exact) mass is 296 g/mol. The zero-order valence-electron chi connectivity index (χ0n) is 11.4. The van der Waals surface area contributed by atoms with E-state index in [0.29, 0.717) is 0 Å². The van der Waals surface area contributed by atoms with Gasteiger partial charge in [-0.2, -0.15) is 0 Å². The summed E-state index contributed by atoms with van der Waals surface area (Å²) in [5, 5.41) is 9.89. The van der Waals surface area contributed by atoms with Crippen LogP contribution in [0.4, 0.5) is 0 Å². The van der Waals surface area contributed by atoms with E-state index in [-0.39, 0.29) is 18.6 Å². The lowest BCUT2D eigenvalue weighted by Crippen LogP contribution is -2.32. The third kappa shape index (κ3) is 3.47. The predicted octanol–water partition coefficient (Wildman–Crippen LogP) is -0.696. The zero-order chi connectivity index (χ0) is 15.6. The molecular weight excluding hydrogens is 280 g/mol. The number of aromatic nitrogens is 2. The molecule has 0 radical (unpaired) electrons.